The Labute approximate surface area is 246 Å². The number of imidazole rings is 1. The first kappa shape index (κ1) is 26.6. The molecule has 2 amide bonds. The topological polar surface area (TPSA) is 92.3 Å². The molecule has 8 nitrogen and oxygen atoms in total. The first-order valence-electron chi connectivity index (χ1n) is 13.1. The van der Waals surface area contributed by atoms with Crippen molar-refractivity contribution < 1.29 is 4.79 Å². The number of nitrogen functional groups attached to an aromatic ring is 1. The number of pyridine rings is 1. The second-order valence-electron chi connectivity index (χ2n) is 10.1. The summed E-state index contributed by atoms with van der Waals surface area (Å²) in [5, 5.41) is 3.67. The van der Waals surface area contributed by atoms with E-state index in [-0.39, 0.29) is 12.1 Å². The summed E-state index contributed by atoms with van der Waals surface area (Å²) >= 11 is 10.2. The van der Waals surface area contributed by atoms with Crippen LogP contribution in [0.5, 0.6) is 0 Å². The number of aryl methyl sites for hydroxylation is 1. The molecule has 204 valence electrons. The average molecular weight is 619 g/mol. The van der Waals surface area contributed by atoms with Crippen molar-refractivity contribution >= 4 is 56.6 Å². The lowest BCUT2D eigenvalue weighted by molar-refractivity contribution is 0.125. The first-order chi connectivity index (χ1) is 19.4. The van der Waals surface area contributed by atoms with Crippen LogP contribution in [0.25, 0.3) is 11.6 Å². The number of nitrogens with two attached hydrogens (primary N) is 1. The summed E-state index contributed by atoms with van der Waals surface area (Å²) in [5.41, 5.74) is 12.6. The molecule has 2 aliphatic rings. The zero-order valence-electron chi connectivity index (χ0n) is 22.0. The largest absolute Gasteiger partial charge is 0.399 e. The minimum atomic E-state index is -0.111. The quantitative estimate of drug-likeness (QED) is 0.271. The molecule has 3 N–H and O–H groups in total. The van der Waals surface area contributed by atoms with Crippen molar-refractivity contribution in [1.29, 1.82) is 0 Å². The smallest absolute Gasteiger partial charge is 0.321 e. The van der Waals surface area contributed by atoms with Crippen LogP contribution in [-0.2, 0) is 6.54 Å². The van der Waals surface area contributed by atoms with Crippen LogP contribution >= 0.6 is 27.5 Å². The van der Waals surface area contributed by atoms with Gasteiger partial charge in [0, 0.05) is 72.2 Å². The average Bonchev–Trinajstić information content (AvgIpc) is 3.30. The zero-order chi connectivity index (χ0) is 27.8. The number of anilines is 2. The SMILES string of the molecule is Cc1nccn1CC1=Cc2cc(Br)cnc2C(N2CCN(C(=O)Nc3ccc(N)cc3)CC2)c2ccc(Cl)cc21. The second kappa shape index (κ2) is 11.1. The minimum absolute atomic E-state index is 0.0877. The summed E-state index contributed by atoms with van der Waals surface area (Å²) in [4.78, 5) is 26.6. The van der Waals surface area contributed by atoms with Crippen molar-refractivity contribution in [3.63, 3.8) is 0 Å². The van der Waals surface area contributed by atoms with E-state index in [9.17, 15) is 4.79 Å². The molecule has 2 aromatic carbocycles. The van der Waals surface area contributed by atoms with Gasteiger partial charge >= 0.3 is 6.03 Å². The second-order valence-corrected chi connectivity index (χ2v) is 11.5. The van der Waals surface area contributed by atoms with Crippen molar-refractivity contribution in [3.05, 3.63) is 105 Å². The van der Waals surface area contributed by atoms with Gasteiger partial charge in [-0.3, -0.25) is 9.88 Å². The molecular weight excluding hydrogens is 590 g/mol. The van der Waals surface area contributed by atoms with Gasteiger partial charge < -0.3 is 20.5 Å². The fourth-order valence-electron chi connectivity index (χ4n) is 5.47. The Morgan fingerprint density at radius 2 is 1.88 bits per heavy atom. The van der Waals surface area contributed by atoms with E-state index in [4.69, 9.17) is 22.3 Å². The number of allylic oxidation sites excluding steroid dienone is 1. The van der Waals surface area contributed by atoms with Crippen molar-refractivity contribution in [2.45, 2.75) is 19.5 Å². The van der Waals surface area contributed by atoms with Gasteiger partial charge in [-0.2, -0.15) is 0 Å². The minimum Gasteiger partial charge on any atom is -0.399 e. The summed E-state index contributed by atoms with van der Waals surface area (Å²) in [6.45, 7) is 5.27. The lowest BCUT2D eigenvalue weighted by Crippen LogP contribution is -2.51. The maximum Gasteiger partial charge on any atom is 0.321 e. The highest BCUT2D eigenvalue weighted by molar-refractivity contribution is 9.10. The number of amides is 2. The number of nitrogens with zero attached hydrogens (tertiary/aromatic N) is 5. The number of nitrogens with one attached hydrogen (secondary N) is 1. The van der Waals surface area contributed by atoms with E-state index in [2.05, 4.69) is 60.0 Å². The Morgan fingerprint density at radius 1 is 1.10 bits per heavy atom. The van der Waals surface area contributed by atoms with Crippen LogP contribution in [0.15, 0.2) is 71.6 Å². The van der Waals surface area contributed by atoms with Gasteiger partial charge in [-0.1, -0.05) is 17.7 Å². The van der Waals surface area contributed by atoms with E-state index in [0.717, 1.165) is 43.9 Å². The molecule has 1 aliphatic heterocycles. The summed E-state index contributed by atoms with van der Waals surface area (Å²) in [6, 6.07) is 15.2. The number of piperazine rings is 1. The number of urea groups is 1. The maximum absolute atomic E-state index is 13.0. The summed E-state index contributed by atoms with van der Waals surface area (Å²) in [5.74, 6) is 0.950. The van der Waals surface area contributed by atoms with E-state index in [1.54, 1.807) is 12.1 Å². The highest BCUT2D eigenvalue weighted by Crippen LogP contribution is 2.41. The molecule has 6 rings (SSSR count). The molecular formula is C30H29BrClN7O. The Bertz CT molecular complexity index is 1590. The van der Waals surface area contributed by atoms with Gasteiger partial charge in [0.25, 0.3) is 0 Å². The summed E-state index contributed by atoms with van der Waals surface area (Å²) < 4.78 is 3.06. The van der Waals surface area contributed by atoms with Gasteiger partial charge in [0.15, 0.2) is 0 Å². The maximum atomic E-state index is 13.0. The third-order valence-corrected chi connectivity index (χ3v) is 8.22. The molecule has 10 heteroatoms. The van der Waals surface area contributed by atoms with Crippen molar-refractivity contribution in [3.8, 4) is 0 Å². The standard InChI is InChI=1S/C30H29BrClN7O/c1-19-34-8-9-39(19)18-21-14-20-15-22(31)17-35-28(20)29(26-7-2-23(32)16-27(21)26)37-10-12-38(13-11-37)30(40)36-25-5-3-24(33)4-6-25/h2-9,14-17,29H,10-13,18,33H2,1H3,(H,36,40). The predicted octanol–water partition coefficient (Wildman–Crippen LogP) is 6.08. The molecule has 0 spiro atoms. The Kier molecular flexibility index (Phi) is 7.35. The van der Waals surface area contributed by atoms with Gasteiger partial charge in [0.05, 0.1) is 11.7 Å². The third kappa shape index (κ3) is 5.37. The predicted molar refractivity (Wildman–Crippen MR) is 163 cm³/mol. The highest BCUT2D eigenvalue weighted by Gasteiger charge is 2.34. The number of aromatic nitrogens is 3. The van der Waals surface area contributed by atoms with Crippen LogP contribution in [0.1, 0.15) is 34.3 Å². The molecule has 1 atom stereocenters. The van der Waals surface area contributed by atoms with Crippen LogP contribution in [-0.4, -0.2) is 56.5 Å². The Balaban J connectivity index is 1.31. The van der Waals surface area contributed by atoms with Crippen LogP contribution < -0.4 is 11.1 Å². The fourth-order valence-corrected chi connectivity index (χ4v) is 6.00. The fraction of sp³-hybridized carbons (Fsp3) is 0.233. The highest BCUT2D eigenvalue weighted by atomic mass is 79.9. The van der Waals surface area contributed by atoms with Gasteiger partial charge in [0.1, 0.15) is 5.82 Å². The van der Waals surface area contributed by atoms with Crippen molar-refractivity contribution in [1.82, 2.24) is 24.3 Å². The first-order valence-corrected chi connectivity index (χ1v) is 14.3. The van der Waals surface area contributed by atoms with Gasteiger partial charge in [-0.15, -0.1) is 0 Å². The van der Waals surface area contributed by atoms with Crippen LogP contribution in [0.3, 0.4) is 0 Å². The Hall–Kier alpha value is -3.66. The summed E-state index contributed by atoms with van der Waals surface area (Å²) in [7, 11) is 0. The van der Waals surface area contributed by atoms with Gasteiger partial charge in [0.2, 0.25) is 0 Å². The van der Waals surface area contributed by atoms with E-state index >= 15 is 0 Å². The third-order valence-electron chi connectivity index (χ3n) is 7.55. The lowest BCUT2D eigenvalue weighted by atomic mass is 9.93. The van der Waals surface area contributed by atoms with Gasteiger partial charge in [-0.25, -0.2) is 9.78 Å². The Morgan fingerprint density at radius 3 is 2.60 bits per heavy atom. The summed E-state index contributed by atoms with van der Waals surface area (Å²) in [6.07, 6.45) is 7.90. The molecule has 3 heterocycles. The van der Waals surface area contributed by atoms with E-state index in [1.807, 2.05) is 48.6 Å². The van der Waals surface area contributed by atoms with Crippen LogP contribution in [0.2, 0.25) is 5.02 Å². The number of halogens is 2. The molecule has 1 fully saturated rings. The molecule has 1 unspecified atom stereocenters. The monoisotopic (exact) mass is 617 g/mol. The normalized spacial score (nSPS) is 17.0. The van der Waals surface area contributed by atoms with E-state index in [1.165, 1.54) is 0 Å². The molecule has 0 saturated carbocycles. The van der Waals surface area contributed by atoms with E-state index < -0.39 is 0 Å². The molecule has 40 heavy (non-hydrogen) atoms. The number of hydrogen-bond acceptors (Lipinski definition) is 5. The number of carbonyl (C=O) groups excluding carboxylic acids is 1. The van der Waals surface area contributed by atoms with Crippen LogP contribution in [0.4, 0.5) is 16.2 Å². The van der Waals surface area contributed by atoms with Crippen molar-refractivity contribution in [2.75, 3.05) is 37.2 Å². The molecule has 1 aliphatic carbocycles. The number of carbonyl (C=O) groups is 1. The lowest BCUT2D eigenvalue weighted by Gasteiger charge is -2.39. The van der Waals surface area contributed by atoms with Gasteiger partial charge in [-0.05, 0) is 93.7 Å². The number of benzene rings is 2. The number of hydrogen-bond donors (Lipinski definition) is 2. The number of rotatable bonds is 4. The molecule has 1 saturated heterocycles. The van der Waals surface area contributed by atoms with Crippen molar-refractivity contribution in [2.24, 2.45) is 0 Å². The number of fused-ring (bicyclic) bond motifs is 2. The molecule has 0 bridgehead atoms. The molecule has 4 aromatic rings. The van der Waals surface area contributed by atoms with Crippen LogP contribution in [0, 0.1) is 6.92 Å². The molecule has 0 radical (unpaired) electrons. The zero-order valence-corrected chi connectivity index (χ0v) is 24.4. The van der Waals surface area contributed by atoms with E-state index in [0.29, 0.717) is 43.4 Å². The molecule has 2 aromatic heterocycles.